The first-order valence-electron chi connectivity index (χ1n) is 8.55. The summed E-state index contributed by atoms with van der Waals surface area (Å²) in [6.07, 6.45) is 8.00. The third kappa shape index (κ3) is 4.41. The van der Waals surface area contributed by atoms with E-state index in [4.69, 9.17) is 0 Å². The Bertz CT molecular complexity index is 820. The lowest BCUT2D eigenvalue weighted by molar-refractivity contribution is 0.0927. The highest BCUT2D eigenvalue weighted by atomic mass is 19.2. The minimum Gasteiger partial charge on any atom is -0.349 e. The smallest absolute Gasteiger partial charge is 0.257 e. The molecule has 0 spiro atoms. The molecule has 0 bridgehead atoms. The van der Waals surface area contributed by atoms with Crippen LogP contribution in [0, 0.1) is 11.6 Å². The molecule has 0 unspecified atom stereocenters. The molecule has 1 heterocycles. The predicted molar refractivity (Wildman–Crippen MR) is 92.9 cm³/mol. The van der Waals surface area contributed by atoms with E-state index in [0.717, 1.165) is 37.8 Å². The molecule has 26 heavy (non-hydrogen) atoms. The zero-order valence-corrected chi connectivity index (χ0v) is 14.1. The lowest BCUT2D eigenvalue weighted by Crippen LogP contribution is -2.36. The first-order valence-corrected chi connectivity index (χ1v) is 8.55. The third-order valence-corrected chi connectivity index (χ3v) is 4.38. The Labute approximate surface area is 149 Å². The fraction of sp³-hybridized carbons (Fsp3) is 0.316. The van der Waals surface area contributed by atoms with Crippen LogP contribution in [-0.4, -0.2) is 22.8 Å². The summed E-state index contributed by atoms with van der Waals surface area (Å²) in [6, 6.07) is 4.65. The zero-order chi connectivity index (χ0) is 18.5. The maximum atomic E-state index is 13.2. The summed E-state index contributed by atoms with van der Waals surface area (Å²) in [6.45, 7) is 0. The topological polar surface area (TPSA) is 71.1 Å². The molecular weight excluding hydrogens is 340 g/mol. The maximum Gasteiger partial charge on any atom is 0.257 e. The highest BCUT2D eigenvalue weighted by molar-refractivity contribution is 6.05. The van der Waals surface area contributed by atoms with Crippen molar-refractivity contribution in [3.63, 3.8) is 0 Å². The molecule has 7 heteroatoms. The van der Waals surface area contributed by atoms with Crippen molar-refractivity contribution in [2.45, 2.75) is 38.1 Å². The highest BCUT2D eigenvalue weighted by Gasteiger charge is 2.18. The molecule has 1 aromatic heterocycles. The molecule has 2 aromatic rings. The summed E-state index contributed by atoms with van der Waals surface area (Å²) in [5.74, 6) is -2.88. The molecule has 1 saturated carbocycles. The van der Waals surface area contributed by atoms with Gasteiger partial charge in [0.1, 0.15) is 0 Å². The van der Waals surface area contributed by atoms with Gasteiger partial charge in [0, 0.05) is 30.2 Å². The molecule has 5 nitrogen and oxygen atoms in total. The molecule has 1 aromatic carbocycles. The number of anilines is 1. The van der Waals surface area contributed by atoms with Gasteiger partial charge in [0.15, 0.2) is 11.6 Å². The summed E-state index contributed by atoms with van der Waals surface area (Å²) >= 11 is 0. The Balaban J connectivity index is 1.68. The van der Waals surface area contributed by atoms with Crippen LogP contribution >= 0.6 is 0 Å². The number of nitrogens with one attached hydrogen (secondary N) is 2. The summed E-state index contributed by atoms with van der Waals surface area (Å²) in [7, 11) is 0. The van der Waals surface area contributed by atoms with Crippen molar-refractivity contribution in [2.75, 3.05) is 5.32 Å². The van der Waals surface area contributed by atoms with Gasteiger partial charge in [-0.3, -0.25) is 14.6 Å². The molecule has 1 aliphatic rings. The van der Waals surface area contributed by atoms with Crippen LogP contribution in [0.5, 0.6) is 0 Å². The minimum atomic E-state index is -1.05. The van der Waals surface area contributed by atoms with Gasteiger partial charge in [-0.2, -0.15) is 0 Å². The Kier molecular flexibility index (Phi) is 5.55. The SMILES string of the molecule is O=C(Nc1ccc(F)c(F)c1)c1cncc(C(=O)NC2CCCCC2)c1. The molecule has 3 rings (SSSR count). The fourth-order valence-corrected chi connectivity index (χ4v) is 2.98. The van der Waals surface area contributed by atoms with Gasteiger partial charge in [0.05, 0.1) is 11.1 Å². The second-order valence-corrected chi connectivity index (χ2v) is 6.35. The van der Waals surface area contributed by atoms with Crippen molar-refractivity contribution in [3.8, 4) is 0 Å². The molecule has 136 valence electrons. The van der Waals surface area contributed by atoms with Crippen LogP contribution in [0.2, 0.25) is 0 Å². The number of carbonyl (C=O) groups excluding carboxylic acids is 2. The molecule has 1 fully saturated rings. The van der Waals surface area contributed by atoms with Crippen molar-refractivity contribution >= 4 is 17.5 Å². The highest BCUT2D eigenvalue weighted by Crippen LogP contribution is 2.18. The van der Waals surface area contributed by atoms with Gasteiger partial charge in [-0.25, -0.2) is 8.78 Å². The van der Waals surface area contributed by atoms with Crippen molar-refractivity contribution in [3.05, 3.63) is 59.4 Å². The van der Waals surface area contributed by atoms with Gasteiger partial charge in [-0.15, -0.1) is 0 Å². The quantitative estimate of drug-likeness (QED) is 0.875. The number of aromatic nitrogens is 1. The molecule has 2 amide bonds. The van der Waals surface area contributed by atoms with E-state index < -0.39 is 17.5 Å². The first kappa shape index (κ1) is 18.0. The summed E-state index contributed by atoms with van der Waals surface area (Å²) in [4.78, 5) is 28.6. The number of benzene rings is 1. The number of hydrogen-bond donors (Lipinski definition) is 2. The normalized spacial score (nSPS) is 14.7. The number of nitrogens with zero attached hydrogens (tertiary/aromatic N) is 1. The number of amides is 2. The summed E-state index contributed by atoms with van der Waals surface area (Å²) in [5, 5.41) is 5.42. The van der Waals surface area contributed by atoms with Gasteiger partial charge >= 0.3 is 0 Å². The van der Waals surface area contributed by atoms with E-state index >= 15 is 0 Å². The van der Waals surface area contributed by atoms with Crippen LogP contribution in [0.4, 0.5) is 14.5 Å². The molecule has 0 atom stereocenters. The Morgan fingerprint density at radius 1 is 0.923 bits per heavy atom. The van der Waals surface area contributed by atoms with E-state index in [1.165, 1.54) is 30.9 Å². The van der Waals surface area contributed by atoms with E-state index in [-0.39, 0.29) is 28.8 Å². The second kappa shape index (κ2) is 8.03. The van der Waals surface area contributed by atoms with Crippen LogP contribution in [0.15, 0.2) is 36.7 Å². The summed E-state index contributed by atoms with van der Waals surface area (Å²) < 4.78 is 26.2. The number of hydrogen-bond acceptors (Lipinski definition) is 3. The monoisotopic (exact) mass is 359 g/mol. The third-order valence-electron chi connectivity index (χ3n) is 4.38. The van der Waals surface area contributed by atoms with E-state index in [1.807, 2.05) is 0 Å². The van der Waals surface area contributed by atoms with Gasteiger partial charge < -0.3 is 10.6 Å². The number of pyridine rings is 1. The van der Waals surface area contributed by atoms with E-state index in [1.54, 1.807) is 0 Å². The lowest BCUT2D eigenvalue weighted by Gasteiger charge is -2.22. The van der Waals surface area contributed by atoms with Gasteiger partial charge in [-0.1, -0.05) is 19.3 Å². The Morgan fingerprint density at radius 3 is 2.31 bits per heavy atom. The Morgan fingerprint density at radius 2 is 1.62 bits per heavy atom. The van der Waals surface area contributed by atoms with Crippen molar-refractivity contribution in [2.24, 2.45) is 0 Å². The minimum absolute atomic E-state index is 0.117. The molecular formula is C19H19F2N3O2. The van der Waals surface area contributed by atoms with Crippen molar-refractivity contribution in [1.82, 2.24) is 10.3 Å². The molecule has 0 radical (unpaired) electrons. The van der Waals surface area contributed by atoms with Crippen molar-refractivity contribution < 1.29 is 18.4 Å². The van der Waals surface area contributed by atoms with Crippen molar-refractivity contribution in [1.29, 1.82) is 0 Å². The molecule has 0 saturated heterocycles. The number of rotatable bonds is 4. The number of carbonyl (C=O) groups is 2. The molecule has 1 aliphatic carbocycles. The largest absolute Gasteiger partial charge is 0.349 e. The molecule has 2 N–H and O–H groups in total. The fourth-order valence-electron chi connectivity index (χ4n) is 2.98. The van der Waals surface area contributed by atoms with Crippen LogP contribution in [0.1, 0.15) is 52.8 Å². The van der Waals surface area contributed by atoms with Gasteiger partial charge in [0.25, 0.3) is 11.8 Å². The second-order valence-electron chi connectivity index (χ2n) is 6.35. The Hall–Kier alpha value is -2.83. The summed E-state index contributed by atoms with van der Waals surface area (Å²) in [5.41, 5.74) is 0.561. The first-order chi connectivity index (χ1) is 12.5. The molecule has 0 aliphatic heterocycles. The standard InChI is InChI=1S/C19H19F2N3O2/c20-16-7-6-15(9-17(16)21)24-19(26)13-8-12(10-22-11-13)18(25)23-14-4-2-1-3-5-14/h6-11,14H,1-5H2,(H,23,25)(H,24,26). The van der Waals surface area contributed by atoms with Crippen LogP contribution < -0.4 is 10.6 Å². The van der Waals surface area contributed by atoms with Crippen LogP contribution in [0.25, 0.3) is 0 Å². The van der Waals surface area contributed by atoms with Crippen LogP contribution in [-0.2, 0) is 0 Å². The van der Waals surface area contributed by atoms with E-state index in [0.29, 0.717) is 0 Å². The average Bonchev–Trinajstić information content (AvgIpc) is 2.65. The van der Waals surface area contributed by atoms with Crippen LogP contribution in [0.3, 0.4) is 0 Å². The van der Waals surface area contributed by atoms with Gasteiger partial charge in [0.2, 0.25) is 0 Å². The lowest BCUT2D eigenvalue weighted by atomic mass is 9.95. The maximum absolute atomic E-state index is 13.2. The predicted octanol–water partition coefficient (Wildman–Crippen LogP) is 3.67. The van der Waals surface area contributed by atoms with E-state index in [2.05, 4.69) is 15.6 Å². The zero-order valence-electron chi connectivity index (χ0n) is 14.1. The average molecular weight is 359 g/mol. The van der Waals surface area contributed by atoms with Gasteiger partial charge in [-0.05, 0) is 31.0 Å². The van der Waals surface area contributed by atoms with E-state index in [9.17, 15) is 18.4 Å². The number of halogens is 2.